The maximum absolute atomic E-state index is 12.3. The zero-order chi connectivity index (χ0) is 17.9. The zero-order valence-corrected chi connectivity index (χ0v) is 17.0. The number of hydrogen-bond donors (Lipinski definition) is 2. The monoisotopic (exact) mass is 491 g/mol. The van der Waals surface area contributed by atoms with Crippen molar-refractivity contribution in [2.24, 2.45) is 0 Å². The average molecular weight is 492 g/mol. The first-order valence-electron chi connectivity index (χ1n) is 7.84. The minimum atomic E-state index is -3.42. The number of carbonyl (C=O) groups excluding carboxylic acids is 1. The van der Waals surface area contributed by atoms with Crippen LogP contribution in [0, 0.1) is 0 Å². The number of nitrogens with one attached hydrogen (secondary N) is 1. The van der Waals surface area contributed by atoms with Crippen LogP contribution >= 0.6 is 34.2 Å². The molecule has 4 unspecified atom stereocenters. The second kappa shape index (κ2) is 8.63. The van der Waals surface area contributed by atoms with Crippen LogP contribution in [0.2, 0.25) is 0 Å². The van der Waals surface area contributed by atoms with Crippen LogP contribution in [0.15, 0.2) is 12.0 Å². The number of hydrogen-bond acceptors (Lipinski definition) is 5. The average Bonchev–Trinajstić information content (AvgIpc) is 2.56. The van der Waals surface area contributed by atoms with Gasteiger partial charge < -0.3 is 15.3 Å². The molecule has 1 heterocycles. The predicted molar refractivity (Wildman–Crippen MR) is 102 cm³/mol. The zero-order valence-electron chi connectivity index (χ0n) is 13.3. The largest absolute Gasteiger partial charge is 0.391 e. The fourth-order valence-corrected chi connectivity index (χ4v) is 4.95. The minimum absolute atomic E-state index is 0.0470. The van der Waals surface area contributed by atoms with Crippen molar-refractivity contribution in [2.45, 2.75) is 34.3 Å². The highest BCUT2D eigenvalue weighted by molar-refractivity contribution is 14.1. The fourth-order valence-electron chi connectivity index (χ4n) is 2.94. The van der Waals surface area contributed by atoms with Gasteiger partial charge in [-0.25, -0.2) is 8.42 Å². The van der Waals surface area contributed by atoms with Gasteiger partial charge in [-0.15, -0.1) is 11.6 Å². The summed E-state index contributed by atoms with van der Waals surface area (Å²) < 4.78 is 25.0. The lowest BCUT2D eigenvalue weighted by Gasteiger charge is -2.36. The minimum Gasteiger partial charge on any atom is -0.391 e. The van der Waals surface area contributed by atoms with Crippen LogP contribution in [0.25, 0.3) is 0 Å². The number of piperazine rings is 1. The molecule has 0 aromatic carbocycles. The molecule has 2 rings (SSSR count). The smallest absolute Gasteiger partial charge is 0.236 e. The van der Waals surface area contributed by atoms with Gasteiger partial charge in [0.15, 0.2) is 0 Å². The maximum Gasteiger partial charge on any atom is 0.236 e. The lowest BCUT2D eigenvalue weighted by Crippen LogP contribution is -2.54. The van der Waals surface area contributed by atoms with Crippen LogP contribution < -0.4 is 5.32 Å². The molecule has 0 radical (unpaired) electrons. The van der Waals surface area contributed by atoms with Gasteiger partial charge in [0.25, 0.3) is 0 Å². The molecule has 0 aromatic rings. The summed E-state index contributed by atoms with van der Waals surface area (Å²) >= 11 is 8.42. The lowest BCUT2D eigenvalue weighted by atomic mass is 9.92. The molecule has 24 heavy (non-hydrogen) atoms. The quantitative estimate of drug-likeness (QED) is 0.421. The molecule has 1 saturated carbocycles. The number of amides is 1. The van der Waals surface area contributed by atoms with Crippen LogP contribution in [0.3, 0.4) is 0 Å². The molecule has 2 N–H and O–H groups in total. The van der Waals surface area contributed by atoms with E-state index in [1.807, 2.05) is 0 Å². The topological polar surface area (TPSA) is 90.0 Å². The van der Waals surface area contributed by atoms with E-state index >= 15 is 0 Å². The van der Waals surface area contributed by atoms with E-state index in [1.54, 1.807) is 4.90 Å². The molecular formula is C14H23ClIN3O4S. The van der Waals surface area contributed by atoms with E-state index in [9.17, 15) is 18.3 Å². The van der Waals surface area contributed by atoms with Gasteiger partial charge in [-0.2, -0.15) is 4.31 Å². The molecule has 2 fully saturated rings. The fraction of sp³-hybridized carbons (Fsp3) is 0.786. The molecule has 7 nitrogen and oxygen atoms in total. The Morgan fingerprint density at radius 2 is 1.96 bits per heavy atom. The number of alkyl halides is 2. The molecule has 0 aromatic heterocycles. The van der Waals surface area contributed by atoms with Crippen molar-refractivity contribution < 1.29 is 18.3 Å². The standard InChI is InChI=1S/C14H23ClIN3O4S/c1-2-24(22,23)19-5-3-18(4-6-19)14(21)9-17-12-8-11(16)10(15)7-13(12)20/h2,10-13,17,20H,1,3-9H2. The number of aliphatic hydroxyl groups is 1. The van der Waals surface area contributed by atoms with Crippen LogP contribution in [0.1, 0.15) is 12.8 Å². The van der Waals surface area contributed by atoms with Gasteiger partial charge in [-0.3, -0.25) is 4.79 Å². The number of sulfonamides is 1. The number of rotatable bonds is 5. The van der Waals surface area contributed by atoms with Crippen molar-refractivity contribution in [3.8, 4) is 0 Å². The Kier molecular flexibility index (Phi) is 7.33. The van der Waals surface area contributed by atoms with E-state index in [0.29, 0.717) is 25.9 Å². The van der Waals surface area contributed by atoms with Crippen molar-refractivity contribution in [3.05, 3.63) is 12.0 Å². The second-order valence-corrected chi connectivity index (χ2v) is 10.1. The third-order valence-corrected chi connectivity index (χ3v) is 8.27. The van der Waals surface area contributed by atoms with Gasteiger partial charge in [0.2, 0.25) is 15.9 Å². The van der Waals surface area contributed by atoms with Crippen LogP contribution in [-0.4, -0.2) is 82.8 Å². The van der Waals surface area contributed by atoms with E-state index < -0.39 is 16.1 Å². The Hall–Kier alpha value is 0.0600. The highest BCUT2D eigenvalue weighted by Crippen LogP contribution is 2.29. The van der Waals surface area contributed by atoms with Gasteiger partial charge in [0.05, 0.1) is 12.6 Å². The van der Waals surface area contributed by atoms with E-state index in [1.165, 1.54) is 4.31 Å². The van der Waals surface area contributed by atoms with Gasteiger partial charge in [0.1, 0.15) is 0 Å². The summed E-state index contributed by atoms with van der Waals surface area (Å²) in [6.07, 6.45) is 0.675. The van der Waals surface area contributed by atoms with E-state index in [2.05, 4.69) is 34.5 Å². The van der Waals surface area contributed by atoms with Crippen molar-refractivity contribution in [3.63, 3.8) is 0 Å². The van der Waals surface area contributed by atoms with E-state index in [0.717, 1.165) is 5.41 Å². The summed E-state index contributed by atoms with van der Waals surface area (Å²) in [5, 5.41) is 14.1. The summed E-state index contributed by atoms with van der Waals surface area (Å²) in [5.41, 5.74) is 0. The van der Waals surface area contributed by atoms with Crippen molar-refractivity contribution in [2.75, 3.05) is 32.7 Å². The van der Waals surface area contributed by atoms with Crippen molar-refractivity contribution in [1.82, 2.24) is 14.5 Å². The van der Waals surface area contributed by atoms with E-state index in [4.69, 9.17) is 11.6 Å². The van der Waals surface area contributed by atoms with E-state index in [-0.39, 0.29) is 40.9 Å². The third kappa shape index (κ3) is 5.04. The summed E-state index contributed by atoms with van der Waals surface area (Å²) in [4.78, 5) is 13.9. The summed E-state index contributed by atoms with van der Waals surface area (Å²) in [6.45, 7) is 4.71. The Labute approximate surface area is 161 Å². The van der Waals surface area contributed by atoms with Gasteiger partial charge in [-0.05, 0) is 12.8 Å². The van der Waals surface area contributed by atoms with Crippen molar-refractivity contribution in [1.29, 1.82) is 0 Å². The molecule has 1 amide bonds. The van der Waals surface area contributed by atoms with Crippen molar-refractivity contribution >= 4 is 50.1 Å². The first-order valence-corrected chi connectivity index (χ1v) is 11.0. The molecule has 0 bridgehead atoms. The molecule has 2 aliphatic rings. The number of nitrogens with zero attached hydrogens (tertiary/aromatic N) is 2. The highest BCUT2D eigenvalue weighted by Gasteiger charge is 2.34. The third-order valence-electron chi connectivity index (χ3n) is 4.48. The second-order valence-electron chi connectivity index (χ2n) is 6.05. The maximum atomic E-state index is 12.3. The Morgan fingerprint density at radius 1 is 1.33 bits per heavy atom. The number of halogens is 2. The lowest BCUT2D eigenvalue weighted by molar-refractivity contribution is -0.131. The molecule has 0 spiro atoms. The van der Waals surface area contributed by atoms with Crippen LogP contribution in [0.4, 0.5) is 0 Å². The highest BCUT2D eigenvalue weighted by atomic mass is 127. The summed E-state index contributed by atoms with van der Waals surface area (Å²) in [6, 6.07) is -0.145. The summed E-state index contributed by atoms with van der Waals surface area (Å²) in [5.74, 6) is -0.0872. The van der Waals surface area contributed by atoms with Gasteiger partial charge >= 0.3 is 0 Å². The van der Waals surface area contributed by atoms with Crippen LogP contribution in [-0.2, 0) is 14.8 Å². The Bertz CT molecular complexity index is 568. The first kappa shape index (κ1) is 20.4. The molecule has 1 aliphatic carbocycles. The number of aliphatic hydroxyl groups excluding tert-OH is 1. The normalized spacial score (nSPS) is 32.5. The van der Waals surface area contributed by atoms with Crippen LogP contribution in [0.5, 0.6) is 0 Å². The van der Waals surface area contributed by atoms with Gasteiger partial charge in [0, 0.05) is 46.9 Å². The molecule has 10 heteroatoms. The molecular weight excluding hydrogens is 469 g/mol. The molecule has 1 aliphatic heterocycles. The SMILES string of the molecule is C=CS(=O)(=O)N1CCN(C(=O)CNC2CC(I)C(Cl)CC2O)CC1. The molecule has 1 saturated heterocycles. The van der Waals surface area contributed by atoms with Gasteiger partial charge in [-0.1, -0.05) is 29.2 Å². The number of carbonyl (C=O) groups is 1. The molecule has 4 atom stereocenters. The Balaban J connectivity index is 1.79. The first-order chi connectivity index (χ1) is 11.2. The summed E-state index contributed by atoms with van der Waals surface area (Å²) in [7, 11) is -3.42. The predicted octanol–water partition coefficient (Wildman–Crippen LogP) is 0.128. The Morgan fingerprint density at radius 3 is 2.54 bits per heavy atom. The molecule has 138 valence electrons.